The third-order valence-electron chi connectivity index (χ3n) is 4.17. The fraction of sp³-hybridized carbons (Fsp3) is 0.529. The topological polar surface area (TPSA) is 31.1 Å². The molecule has 2 heterocycles. The Balaban J connectivity index is 1.77. The van der Waals surface area contributed by atoms with Crippen LogP contribution in [0.5, 0.6) is 0 Å². The molecule has 0 atom stereocenters. The summed E-state index contributed by atoms with van der Waals surface area (Å²) in [5.74, 6) is 0.558. The van der Waals surface area contributed by atoms with E-state index in [1.165, 1.54) is 35.1 Å². The smallest absolute Gasteiger partial charge is 0.0456 e. The van der Waals surface area contributed by atoms with Gasteiger partial charge in [0.1, 0.15) is 0 Å². The van der Waals surface area contributed by atoms with Gasteiger partial charge in [-0.05, 0) is 54.6 Å². The Kier molecular flexibility index (Phi) is 4.08. The third-order valence-corrected chi connectivity index (χ3v) is 4.17. The van der Waals surface area contributed by atoms with Crippen molar-refractivity contribution in [2.75, 3.05) is 26.2 Å². The standard InChI is InChI=1S/C17H25N3/c1-13(2)17-11-15-10-14(4-5-16(15)19-17)12-20-8-3-6-18-7-9-20/h4-5,10-11,13,18-19H,3,6-9,12H2,1-2H3. The van der Waals surface area contributed by atoms with Crippen LogP contribution in [0.4, 0.5) is 0 Å². The lowest BCUT2D eigenvalue weighted by Crippen LogP contribution is -2.27. The Morgan fingerprint density at radius 1 is 1.15 bits per heavy atom. The van der Waals surface area contributed by atoms with Crippen LogP contribution in [0.1, 0.15) is 37.4 Å². The van der Waals surface area contributed by atoms with E-state index < -0.39 is 0 Å². The number of hydrogen-bond donors (Lipinski definition) is 2. The van der Waals surface area contributed by atoms with Crippen molar-refractivity contribution in [3.63, 3.8) is 0 Å². The number of benzene rings is 1. The van der Waals surface area contributed by atoms with Crippen molar-refractivity contribution in [1.29, 1.82) is 0 Å². The van der Waals surface area contributed by atoms with E-state index in [0.717, 1.165) is 26.2 Å². The minimum atomic E-state index is 0.558. The van der Waals surface area contributed by atoms with Gasteiger partial charge in [-0.3, -0.25) is 4.90 Å². The molecule has 3 rings (SSSR count). The number of aromatic amines is 1. The van der Waals surface area contributed by atoms with Crippen molar-refractivity contribution in [2.45, 2.75) is 32.7 Å². The minimum Gasteiger partial charge on any atom is -0.358 e. The number of fused-ring (bicyclic) bond motifs is 1. The largest absolute Gasteiger partial charge is 0.358 e. The maximum atomic E-state index is 3.51. The Morgan fingerprint density at radius 3 is 2.90 bits per heavy atom. The zero-order valence-corrected chi connectivity index (χ0v) is 12.6. The average Bonchev–Trinajstić information content (AvgIpc) is 2.69. The molecule has 3 nitrogen and oxygen atoms in total. The van der Waals surface area contributed by atoms with Gasteiger partial charge in [-0.15, -0.1) is 0 Å². The summed E-state index contributed by atoms with van der Waals surface area (Å²) in [6, 6.07) is 9.14. The number of nitrogens with one attached hydrogen (secondary N) is 2. The minimum absolute atomic E-state index is 0.558. The second-order valence-corrected chi connectivity index (χ2v) is 6.18. The maximum Gasteiger partial charge on any atom is 0.0456 e. The number of nitrogens with zero attached hydrogens (tertiary/aromatic N) is 1. The van der Waals surface area contributed by atoms with Gasteiger partial charge in [0.25, 0.3) is 0 Å². The highest BCUT2D eigenvalue weighted by Crippen LogP contribution is 2.22. The van der Waals surface area contributed by atoms with Crippen molar-refractivity contribution in [1.82, 2.24) is 15.2 Å². The first-order valence-electron chi connectivity index (χ1n) is 7.77. The lowest BCUT2D eigenvalue weighted by Gasteiger charge is -2.19. The molecular weight excluding hydrogens is 246 g/mol. The fourth-order valence-corrected chi connectivity index (χ4v) is 2.93. The van der Waals surface area contributed by atoms with E-state index in [4.69, 9.17) is 0 Å². The van der Waals surface area contributed by atoms with E-state index in [1.807, 2.05) is 0 Å². The molecule has 1 fully saturated rings. The molecule has 1 aliphatic heterocycles. The molecule has 1 aromatic carbocycles. The molecule has 1 aliphatic rings. The Hall–Kier alpha value is -1.32. The molecular formula is C17H25N3. The van der Waals surface area contributed by atoms with E-state index in [0.29, 0.717) is 5.92 Å². The molecule has 20 heavy (non-hydrogen) atoms. The Morgan fingerprint density at radius 2 is 2.05 bits per heavy atom. The van der Waals surface area contributed by atoms with Gasteiger partial charge in [-0.2, -0.15) is 0 Å². The van der Waals surface area contributed by atoms with Gasteiger partial charge in [0.2, 0.25) is 0 Å². The summed E-state index contributed by atoms with van der Waals surface area (Å²) in [5, 5.41) is 4.81. The van der Waals surface area contributed by atoms with Crippen LogP contribution >= 0.6 is 0 Å². The highest BCUT2D eigenvalue weighted by molar-refractivity contribution is 5.81. The lowest BCUT2D eigenvalue weighted by molar-refractivity contribution is 0.284. The van der Waals surface area contributed by atoms with Crippen molar-refractivity contribution in [3.05, 3.63) is 35.5 Å². The van der Waals surface area contributed by atoms with Crippen LogP contribution in [-0.2, 0) is 6.54 Å². The van der Waals surface area contributed by atoms with Gasteiger partial charge in [0.15, 0.2) is 0 Å². The van der Waals surface area contributed by atoms with E-state index in [1.54, 1.807) is 0 Å². The third kappa shape index (κ3) is 3.05. The zero-order valence-electron chi connectivity index (χ0n) is 12.6. The van der Waals surface area contributed by atoms with Crippen LogP contribution < -0.4 is 5.32 Å². The van der Waals surface area contributed by atoms with Crippen LogP contribution in [0.3, 0.4) is 0 Å². The van der Waals surface area contributed by atoms with Crippen molar-refractivity contribution >= 4 is 10.9 Å². The molecule has 3 heteroatoms. The Bertz CT molecular complexity index is 563. The summed E-state index contributed by atoms with van der Waals surface area (Å²) >= 11 is 0. The van der Waals surface area contributed by atoms with Crippen LogP contribution in [0.25, 0.3) is 10.9 Å². The summed E-state index contributed by atoms with van der Waals surface area (Å²) in [5.41, 5.74) is 4.01. The number of H-pyrrole nitrogens is 1. The summed E-state index contributed by atoms with van der Waals surface area (Å²) < 4.78 is 0. The van der Waals surface area contributed by atoms with Gasteiger partial charge in [-0.25, -0.2) is 0 Å². The van der Waals surface area contributed by atoms with Gasteiger partial charge in [0.05, 0.1) is 0 Å². The maximum absolute atomic E-state index is 3.51. The quantitative estimate of drug-likeness (QED) is 0.899. The van der Waals surface area contributed by atoms with Crippen molar-refractivity contribution in [2.24, 2.45) is 0 Å². The molecule has 0 unspecified atom stereocenters. The van der Waals surface area contributed by atoms with Crippen molar-refractivity contribution in [3.8, 4) is 0 Å². The monoisotopic (exact) mass is 271 g/mol. The first-order valence-corrected chi connectivity index (χ1v) is 7.77. The van der Waals surface area contributed by atoms with Gasteiger partial charge >= 0.3 is 0 Å². The van der Waals surface area contributed by atoms with Crippen LogP contribution in [0.2, 0.25) is 0 Å². The molecule has 0 aliphatic carbocycles. The van der Waals surface area contributed by atoms with E-state index in [9.17, 15) is 0 Å². The van der Waals surface area contributed by atoms with Crippen LogP contribution in [0, 0.1) is 0 Å². The average molecular weight is 271 g/mol. The number of hydrogen-bond acceptors (Lipinski definition) is 2. The predicted octanol–water partition coefficient (Wildman–Crippen LogP) is 3.09. The molecule has 108 valence electrons. The molecule has 2 aromatic rings. The fourth-order valence-electron chi connectivity index (χ4n) is 2.93. The first kappa shape index (κ1) is 13.7. The normalized spacial score (nSPS) is 17.8. The highest BCUT2D eigenvalue weighted by Gasteiger charge is 2.10. The highest BCUT2D eigenvalue weighted by atomic mass is 15.1. The summed E-state index contributed by atoms with van der Waals surface area (Å²) in [7, 11) is 0. The molecule has 2 N–H and O–H groups in total. The van der Waals surface area contributed by atoms with Gasteiger partial charge in [-0.1, -0.05) is 19.9 Å². The summed E-state index contributed by atoms with van der Waals surface area (Å²) in [4.78, 5) is 6.07. The second kappa shape index (κ2) is 5.98. The molecule has 0 radical (unpaired) electrons. The summed E-state index contributed by atoms with van der Waals surface area (Å²) in [6.07, 6.45) is 1.25. The van der Waals surface area contributed by atoms with E-state index in [2.05, 4.69) is 53.3 Å². The van der Waals surface area contributed by atoms with Crippen LogP contribution in [-0.4, -0.2) is 36.1 Å². The van der Waals surface area contributed by atoms with Gasteiger partial charge < -0.3 is 10.3 Å². The zero-order chi connectivity index (χ0) is 13.9. The van der Waals surface area contributed by atoms with Crippen molar-refractivity contribution < 1.29 is 0 Å². The van der Waals surface area contributed by atoms with Gasteiger partial charge in [0, 0.05) is 30.8 Å². The van der Waals surface area contributed by atoms with E-state index in [-0.39, 0.29) is 0 Å². The van der Waals surface area contributed by atoms with Crippen LogP contribution in [0.15, 0.2) is 24.3 Å². The Labute approximate surface area is 121 Å². The SMILES string of the molecule is CC(C)c1cc2cc(CN3CCCNCC3)ccc2[nH]1. The van der Waals surface area contributed by atoms with E-state index >= 15 is 0 Å². The molecule has 0 saturated carbocycles. The second-order valence-electron chi connectivity index (χ2n) is 6.18. The predicted molar refractivity (Wildman–Crippen MR) is 85.2 cm³/mol. The lowest BCUT2D eigenvalue weighted by atomic mass is 10.1. The molecule has 1 aromatic heterocycles. The summed E-state index contributed by atoms with van der Waals surface area (Å²) in [6.45, 7) is 10.2. The molecule has 0 spiro atoms. The molecule has 0 bridgehead atoms. The number of aromatic nitrogens is 1. The first-order chi connectivity index (χ1) is 9.72. The number of rotatable bonds is 3. The molecule has 0 amide bonds. The molecule has 1 saturated heterocycles.